The molecule has 0 aliphatic carbocycles. The van der Waals surface area contributed by atoms with Gasteiger partial charge in [-0.15, -0.1) is 0 Å². The van der Waals surface area contributed by atoms with E-state index in [0.717, 1.165) is 4.68 Å². The summed E-state index contributed by atoms with van der Waals surface area (Å²) >= 11 is 3.16. The Morgan fingerprint density at radius 2 is 2.20 bits per heavy atom. The molecule has 1 amide bonds. The van der Waals surface area contributed by atoms with Crippen molar-refractivity contribution in [1.82, 2.24) is 15.3 Å². The van der Waals surface area contributed by atoms with Gasteiger partial charge in [0.15, 0.2) is 5.69 Å². The van der Waals surface area contributed by atoms with E-state index >= 15 is 0 Å². The smallest absolute Gasteiger partial charge is 0.297 e. The lowest BCUT2D eigenvalue weighted by Crippen LogP contribution is -2.32. The second kappa shape index (κ2) is 8.19. The lowest BCUT2D eigenvalue weighted by molar-refractivity contribution is 0.0164. The molecule has 134 valence electrons. The first-order chi connectivity index (χ1) is 11.8. The van der Waals surface area contributed by atoms with Gasteiger partial charge in [-0.2, -0.15) is 5.10 Å². The van der Waals surface area contributed by atoms with Crippen molar-refractivity contribution < 1.29 is 19.1 Å². The highest BCUT2D eigenvalue weighted by atomic mass is 79.9. The van der Waals surface area contributed by atoms with Crippen molar-refractivity contribution in [3.05, 3.63) is 50.1 Å². The minimum atomic E-state index is -0.743. The molecule has 1 aromatic heterocycles. The number of hydrogen-bond acceptors (Lipinski definition) is 6. The molecule has 25 heavy (non-hydrogen) atoms. The van der Waals surface area contributed by atoms with Crippen LogP contribution in [0.5, 0.6) is 0 Å². The Kier molecular flexibility index (Phi) is 6.23. The van der Waals surface area contributed by atoms with Gasteiger partial charge in [0.1, 0.15) is 5.82 Å². The van der Waals surface area contributed by atoms with E-state index in [1.165, 1.54) is 26.1 Å². The topological polar surface area (TPSA) is 105 Å². The number of rotatable bonds is 6. The monoisotopic (exact) mass is 414 g/mol. The standard InChI is InChI=1S/C15H16BrFN4O4/c1-8-12(18-11-4-3-9(16)7-10(11)17)13(19-21(2)15(8)24)14(23)20-25-6-5-22/h3-4,7,18,22H,5-6H2,1-2H3,(H,20,23). The summed E-state index contributed by atoms with van der Waals surface area (Å²) in [4.78, 5) is 29.1. The van der Waals surface area contributed by atoms with Crippen molar-refractivity contribution in [1.29, 1.82) is 0 Å². The zero-order valence-corrected chi connectivity index (χ0v) is 15.1. The van der Waals surface area contributed by atoms with Gasteiger partial charge < -0.3 is 10.4 Å². The maximum atomic E-state index is 14.1. The normalized spacial score (nSPS) is 10.6. The number of benzene rings is 1. The molecule has 1 aromatic carbocycles. The van der Waals surface area contributed by atoms with Crippen LogP contribution in [0, 0.1) is 12.7 Å². The minimum Gasteiger partial charge on any atom is -0.394 e. The van der Waals surface area contributed by atoms with E-state index in [2.05, 4.69) is 31.8 Å². The van der Waals surface area contributed by atoms with Crippen LogP contribution < -0.4 is 16.4 Å². The van der Waals surface area contributed by atoms with Crippen LogP contribution in [0.15, 0.2) is 27.5 Å². The summed E-state index contributed by atoms with van der Waals surface area (Å²) in [6, 6.07) is 4.32. The summed E-state index contributed by atoms with van der Waals surface area (Å²) in [5.41, 5.74) is 1.84. The molecule has 8 nitrogen and oxygen atoms in total. The lowest BCUT2D eigenvalue weighted by atomic mass is 10.2. The van der Waals surface area contributed by atoms with E-state index in [1.807, 2.05) is 0 Å². The number of carbonyl (C=O) groups is 1. The number of hydroxylamine groups is 1. The summed E-state index contributed by atoms with van der Waals surface area (Å²) in [5.74, 6) is -1.32. The van der Waals surface area contributed by atoms with Crippen molar-refractivity contribution in [3.8, 4) is 0 Å². The SMILES string of the molecule is Cc1c(Nc2ccc(Br)cc2F)c(C(=O)NOCCO)nn(C)c1=O. The average molecular weight is 415 g/mol. The van der Waals surface area contributed by atoms with Gasteiger partial charge in [-0.05, 0) is 25.1 Å². The van der Waals surface area contributed by atoms with Crippen LogP contribution in [0.1, 0.15) is 16.1 Å². The first-order valence-corrected chi connectivity index (χ1v) is 7.97. The molecule has 0 unspecified atom stereocenters. The Morgan fingerprint density at radius 1 is 1.48 bits per heavy atom. The van der Waals surface area contributed by atoms with E-state index < -0.39 is 17.3 Å². The maximum absolute atomic E-state index is 14.1. The molecule has 2 rings (SSSR count). The fourth-order valence-electron chi connectivity index (χ4n) is 2.02. The van der Waals surface area contributed by atoms with Gasteiger partial charge in [0.05, 0.1) is 24.6 Å². The molecule has 3 N–H and O–H groups in total. The average Bonchev–Trinajstić information content (AvgIpc) is 2.57. The Morgan fingerprint density at radius 3 is 2.84 bits per heavy atom. The number of aryl methyl sites for hydroxylation is 1. The van der Waals surface area contributed by atoms with E-state index in [0.29, 0.717) is 4.47 Å². The summed E-state index contributed by atoms with van der Waals surface area (Å²) in [6.45, 7) is 1.10. The van der Waals surface area contributed by atoms with Gasteiger partial charge in [0.2, 0.25) is 0 Å². The number of anilines is 2. The first-order valence-electron chi connectivity index (χ1n) is 7.18. The van der Waals surface area contributed by atoms with Gasteiger partial charge in [-0.1, -0.05) is 15.9 Å². The fraction of sp³-hybridized carbons (Fsp3) is 0.267. The van der Waals surface area contributed by atoms with E-state index in [-0.39, 0.29) is 35.8 Å². The predicted molar refractivity (Wildman–Crippen MR) is 92.1 cm³/mol. The number of aromatic nitrogens is 2. The van der Waals surface area contributed by atoms with Gasteiger partial charge >= 0.3 is 0 Å². The number of nitrogens with one attached hydrogen (secondary N) is 2. The van der Waals surface area contributed by atoms with E-state index in [9.17, 15) is 14.0 Å². The number of amides is 1. The highest BCUT2D eigenvalue weighted by molar-refractivity contribution is 9.10. The molecule has 0 atom stereocenters. The predicted octanol–water partition coefficient (Wildman–Crippen LogP) is 1.39. The van der Waals surface area contributed by atoms with Crippen molar-refractivity contribution in [2.75, 3.05) is 18.5 Å². The van der Waals surface area contributed by atoms with Crippen LogP contribution in [0.2, 0.25) is 0 Å². The second-order valence-corrected chi connectivity index (χ2v) is 5.95. The number of nitrogens with zero attached hydrogens (tertiary/aromatic N) is 2. The van der Waals surface area contributed by atoms with Crippen LogP contribution in [0.4, 0.5) is 15.8 Å². The molecular weight excluding hydrogens is 399 g/mol. The van der Waals surface area contributed by atoms with Crippen LogP contribution in [-0.2, 0) is 11.9 Å². The molecule has 0 aliphatic heterocycles. The molecule has 10 heteroatoms. The second-order valence-electron chi connectivity index (χ2n) is 5.03. The molecule has 1 heterocycles. The number of carbonyl (C=O) groups excluding carboxylic acids is 1. The lowest BCUT2D eigenvalue weighted by Gasteiger charge is -2.15. The summed E-state index contributed by atoms with van der Waals surface area (Å²) in [5, 5.41) is 15.3. The van der Waals surface area contributed by atoms with Crippen LogP contribution >= 0.6 is 15.9 Å². The Hall–Kier alpha value is -2.30. The quantitative estimate of drug-likeness (QED) is 0.487. The van der Waals surface area contributed by atoms with Crippen molar-refractivity contribution in [3.63, 3.8) is 0 Å². The molecule has 0 spiro atoms. The Bertz CT molecular complexity index is 856. The zero-order valence-electron chi connectivity index (χ0n) is 13.5. The summed E-state index contributed by atoms with van der Waals surface area (Å²) in [6.07, 6.45) is 0. The summed E-state index contributed by atoms with van der Waals surface area (Å²) in [7, 11) is 1.39. The molecule has 0 saturated carbocycles. The number of halogens is 2. The van der Waals surface area contributed by atoms with E-state index in [4.69, 9.17) is 9.94 Å². The molecule has 0 aliphatic rings. The van der Waals surface area contributed by atoms with Gasteiger partial charge in [0.25, 0.3) is 11.5 Å². The molecule has 0 fully saturated rings. The van der Waals surface area contributed by atoms with Crippen LogP contribution in [0.3, 0.4) is 0 Å². The third kappa shape index (κ3) is 4.41. The summed E-state index contributed by atoms with van der Waals surface area (Å²) < 4.78 is 15.6. The van der Waals surface area contributed by atoms with Crippen molar-refractivity contribution in [2.45, 2.75) is 6.92 Å². The zero-order chi connectivity index (χ0) is 18.6. The Balaban J connectivity index is 2.45. The third-order valence-electron chi connectivity index (χ3n) is 3.24. The number of aliphatic hydroxyl groups excluding tert-OH is 1. The highest BCUT2D eigenvalue weighted by Crippen LogP contribution is 2.25. The van der Waals surface area contributed by atoms with Gasteiger partial charge in [-0.25, -0.2) is 14.6 Å². The van der Waals surface area contributed by atoms with E-state index in [1.54, 1.807) is 6.07 Å². The fourth-order valence-corrected chi connectivity index (χ4v) is 2.35. The molecule has 0 saturated heterocycles. The van der Waals surface area contributed by atoms with Crippen LogP contribution in [0.25, 0.3) is 0 Å². The number of aliphatic hydroxyl groups is 1. The molecule has 2 aromatic rings. The van der Waals surface area contributed by atoms with Crippen LogP contribution in [-0.4, -0.2) is 34.0 Å². The molecule has 0 bridgehead atoms. The van der Waals surface area contributed by atoms with Gasteiger partial charge in [-0.3, -0.25) is 14.4 Å². The minimum absolute atomic E-state index is 0.0643. The Labute approximate surface area is 150 Å². The van der Waals surface area contributed by atoms with Crippen molar-refractivity contribution >= 4 is 33.2 Å². The van der Waals surface area contributed by atoms with Gasteiger partial charge in [0, 0.05) is 17.1 Å². The molecular formula is C15H16BrFN4O4. The third-order valence-corrected chi connectivity index (χ3v) is 3.73. The highest BCUT2D eigenvalue weighted by Gasteiger charge is 2.20. The largest absolute Gasteiger partial charge is 0.394 e. The number of hydrogen-bond donors (Lipinski definition) is 3. The van der Waals surface area contributed by atoms with Crippen molar-refractivity contribution in [2.24, 2.45) is 7.05 Å². The first kappa shape index (κ1) is 19.0. The molecule has 0 radical (unpaired) electrons. The maximum Gasteiger partial charge on any atom is 0.297 e.